The molecule has 0 saturated heterocycles. The molecule has 1 aromatic heterocycles. The first-order valence-electron chi connectivity index (χ1n) is 3.87. The molecule has 0 unspecified atom stereocenters. The molecule has 5 heteroatoms. The molecule has 0 radical (unpaired) electrons. The zero-order valence-electron chi connectivity index (χ0n) is 8.21. The minimum atomic E-state index is 0. The van der Waals surface area contributed by atoms with Crippen LogP contribution in [-0.4, -0.2) is 17.4 Å². The number of furan rings is 1. The predicted octanol–water partition coefficient (Wildman–Crippen LogP) is -6.37. The van der Waals surface area contributed by atoms with Gasteiger partial charge >= 0.3 is 17.4 Å². The van der Waals surface area contributed by atoms with Crippen molar-refractivity contribution in [1.29, 1.82) is 0 Å². The summed E-state index contributed by atoms with van der Waals surface area (Å²) < 4.78 is 5.52. The van der Waals surface area contributed by atoms with Crippen molar-refractivity contribution in [3.63, 3.8) is 0 Å². The van der Waals surface area contributed by atoms with Gasteiger partial charge in [0.2, 0.25) is 0 Å². The Labute approximate surface area is 119 Å². The number of benzene rings is 1. The number of aryl methyl sites for hydroxylation is 1. The second kappa shape index (κ2) is 9.39. The molecular formula is C10H10AlCl3O. The molecule has 1 nitrogen and oxygen atoms in total. The molecule has 15 heavy (non-hydrogen) atoms. The molecule has 80 valence electrons. The van der Waals surface area contributed by atoms with Crippen LogP contribution in [-0.2, 0) is 6.42 Å². The SMILES string of the molecule is CCc1cc2ccccc2o1.[Al+3].[Cl-].[Cl-].[Cl-]. The predicted molar refractivity (Wildman–Crippen MR) is 51.3 cm³/mol. The molecule has 2 aromatic rings. The summed E-state index contributed by atoms with van der Waals surface area (Å²) >= 11 is 0. The maximum atomic E-state index is 5.52. The molecule has 0 saturated carbocycles. The van der Waals surface area contributed by atoms with Gasteiger partial charge in [0.25, 0.3) is 0 Å². The Morgan fingerprint density at radius 3 is 2.20 bits per heavy atom. The molecule has 0 spiro atoms. The second-order valence-corrected chi connectivity index (χ2v) is 2.60. The van der Waals surface area contributed by atoms with E-state index in [0.717, 1.165) is 17.8 Å². The summed E-state index contributed by atoms with van der Waals surface area (Å²) in [6, 6.07) is 10.2. The zero-order chi connectivity index (χ0) is 7.68. The average Bonchev–Trinajstić information content (AvgIpc) is 2.46. The van der Waals surface area contributed by atoms with Crippen LogP contribution >= 0.6 is 0 Å². The second-order valence-electron chi connectivity index (χ2n) is 2.60. The molecule has 0 bridgehead atoms. The fraction of sp³-hybridized carbons (Fsp3) is 0.200. The third kappa shape index (κ3) is 4.68. The van der Waals surface area contributed by atoms with Gasteiger partial charge in [-0.25, -0.2) is 0 Å². The van der Waals surface area contributed by atoms with E-state index in [2.05, 4.69) is 19.1 Å². The molecule has 0 atom stereocenters. The Kier molecular flexibility index (Phi) is 12.9. The van der Waals surface area contributed by atoms with Crippen molar-refractivity contribution >= 4 is 28.3 Å². The van der Waals surface area contributed by atoms with Crippen LogP contribution in [0.2, 0.25) is 0 Å². The Morgan fingerprint density at radius 2 is 1.67 bits per heavy atom. The van der Waals surface area contributed by atoms with E-state index in [1.54, 1.807) is 0 Å². The number of hydrogen-bond acceptors (Lipinski definition) is 1. The number of rotatable bonds is 1. The van der Waals surface area contributed by atoms with Gasteiger partial charge in [-0.3, -0.25) is 0 Å². The Morgan fingerprint density at radius 1 is 1.07 bits per heavy atom. The summed E-state index contributed by atoms with van der Waals surface area (Å²) in [7, 11) is 0. The molecule has 0 aliphatic heterocycles. The summed E-state index contributed by atoms with van der Waals surface area (Å²) in [6.07, 6.45) is 0.967. The van der Waals surface area contributed by atoms with E-state index in [1.165, 1.54) is 5.39 Å². The first kappa shape index (κ1) is 20.6. The van der Waals surface area contributed by atoms with Crippen molar-refractivity contribution in [2.75, 3.05) is 0 Å². The van der Waals surface area contributed by atoms with Gasteiger partial charge in [0.1, 0.15) is 11.3 Å². The molecule has 0 fully saturated rings. The van der Waals surface area contributed by atoms with Gasteiger partial charge in [0.15, 0.2) is 0 Å². The van der Waals surface area contributed by atoms with Gasteiger partial charge in [0.05, 0.1) is 0 Å². The van der Waals surface area contributed by atoms with Gasteiger partial charge in [-0.1, -0.05) is 25.1 Å². The summed E-state index contributed by atoms with van der Waals surface area (Å²) in [5.74, 6) is 1.06. The van der Waals surface area contributed by atoms with Crippen LogP contribution in [0.4, 0.5) is 0 Å². The summed E-state index contributed by atoms with van der Waals surface area (Å²) in [4.78, 5) is 0. The fourth-order valence-corrected chi connectivity index (χ4v) is 1.21. The van der Waals surface area contributed by atoms with Gasteiger partial charge in [-0.05, 0) is 12.1 Å². The van der Waals surface area contributed by atoms with E-state index < -0.39 is 0 Å². The monoisotopic (exact) mass is 278 g/mol. The Bertz CT molecular complexity index is 342. The standard InChI is InChI=1S/C10H10O.Al.3ClH/c1-2-9-7-8-5-3-4-6-10(8)11-9;;;;/h3-7H,2H2,1H3;;3*1H/q;+3;;;/p-3. The van der Waals surface area contributed by atoms with Crippen LogP contribution in [0.1, 0.15) is 12.7 Å². The Balaban J connectivity index is -0.000000360. The van der Waals surface area contributed by atoms with Crippen LogP contribution in [0.3, 0.4) is 0 Å². The maximum Gasteiger partial charge on any atom is 3.00 e. The smallest absolute Gasteiger partial charge is 1.00 e. The van der Waals surface area contributed by atoms with Crippen LogP contribution in [0.25, 0.3) is 11.0 Å². The number of halogens is 3. The van der Waals surface area contributed by atoms with Gasteiger partial charge in [-0.15, -0.1) is 0 Å². The topological polar surface area (TPSA) is 13.1 Å². The molecular weight excluding hydrogens is 269 g/mol. The third-order valence-corrected chi connectivity index (χ3v) is 1.83. The number of para-hydroxylation sites is 1. The Hall–Kier alpha value is 0.162. The maximum absolute atomic E-state index is 5.52. The van der Waals surface area contributed by atoms with Crippen LogP contribution in [0, 0.1) is 0 Å². The van der Waals surface area contributed by atoms with E-state index in [-0.39, 0.29) is 54.6 Å². The van der Waals surface area contributed by atoms with E-state index in [9.17, 15) is 0 Å². The van der Waals surface area contributed by atoms with Crippen molar-refractivity contribution in [3.05, 3.63) is 36.1 Å². The van der Waals surface area contributed by atoms with Gasteiger partial charge in [-0.2, -0.15) is 0 Å². The largest absolute Gasteiger partial charge is 3.00 e. The molecule has 2 rings (SSSR count). The summed E-state index contributed by atoms with van der Waals surface area (Å²) in [5, 5.41) is 1.20. The minimum absolute atomic E-state index is 0. The molecule has 0 aliphatic carbocycles. The van der Waals surface area contributed by atoms with Crippen molar-refractivity contribution in [2.24, 2.45) is 0 Å². The fourth-order valence-electron chi connectivity index (χ4n) is 1.21. The molecule has 1 aromatic carbocycles. The minimum Gasteiger partial charge on any atom is -1.00 e. The first-order chi connectivity index (χ1) is 5.40. The van der Waals surface area contributed by atoms with Gasteiger partial charge in [0, 0.05) is 11.8 Å². The molecule has 0 N–H and O–H groups in total. The first-order valence-corrected chi connectivity index (χ1v) is 3.87. The van der Waals surface area contributed by atoms with E-state index in [1.807, 2.05) is 18.2 Å². The van der Waals surface area contributed by atoms with Crippen LogP contribution < -0.4 is 37.2 Å². The van der Waals surface area contributed by atoms with Crippen molar-refractivity contribution < 1.29 is 41.6 Å². The molecule has 1 heterocycles. The normalized spacial score (nSPS) is 7.80. The van der Waals surface area contributed by atoms with Crippen molar-refractivity contribution in [1.82, 2.24) is 0 Å². The summed E-state index contributed by atoms with van der Waals surface area (Å²) in [6.45, 7) is 2.09. The quantitative estimate of drug-likeness (QED) is 0.474. The number of fused-ring (bicyclic) bond motifs is 1. The van der Waals surface area contributed by atoms with E-state index in [0.29, 0.717) is 0 Å². The van der Waals surface area contributed by atoms with E-state index >= 15 is 0 Å². The van der Waals surface area contributed by atoms with Crippen molar-refractivity contribution in [2.45, 2.75) is 13.3 Å². The third-order valence-electron chi connectivity index (χ3n) is 1.83. The zero-order valence-corrected chi connectivity index (χ0v) is 11.6. The van der Waals surface area contributed by atoms with Crippen molar-refractivity contribution in [3.8, 4) is 0 Å². The molecule has 0 amide bonds. The van der Waals surface area contributed by atoms with Crippen LogP contribution in [0.5, 0.6) is 0 Å². The number of hydrogen-bond donors (Lipinski definition) is 0. The average molecular weight is 280 g/mol. The summed E-state index contributed by atoms with van der Waals surface area (Å²) in [5.41, 5.74) is 0.990. The molecule has 0 aliphatic rings. The van der Waals surface area contributed by atoms with Crippen LogP contribution in [0.15, 0.2) is 34.7 Å². The van der Waals surface area contributed by atoms with Gasteiger partial charge < -0.3 is 41.6 Å². The van der Waals surface area contributed by atoms with E-state index in [4.69, 9.17) is 4.42 Å².